The van der Waals surface area contributed by atoms with E-state index in [1.807, 2.05) is 60.7 Å². The standard InChI is InChI=1S/C24H21N3O2/c1-16(28)27-15-20-13-12-19(21-7-5-8-22(26-21)24(29)25-2)14-18(20)11-10-17-6-3-4-9-23(17)27/h3-14H,15H2,1-2H3,(H,25,29)/b11-10-. The molecule has 0 bridgehead atoms. The summed E-state index contributed by atoms with van der Waals surface area (Å²) in [5, 5.41) is 2.60. The Balaban J connectivity index is 1.79. The van der Waals surface area contributed by atoms with Gasteiger partial charge in [-0.3, -0.25) is 9.59 Å². The van der Waals surface area contributed by atoms with Crippen molar-refractivity contribution in [3.8, 4) is 11.3 Å². The number of nitrogens with one attached hydrogen (secondary N) is 1. The summed E-state index contributed by atoms with van der Waals surface area (Å²) in [4.78, 5) is 30.5. The smallest absolute Gasteiger partial charge is 0.269 e. The van der Waals surface area contributed by atoms with Gasteiger partial charge in [-0.2, -0.15) is 0 Å². The molecule has 0 aliphatic carbocycles. The summed E-state index contributed by atoms with van der Waals surface area (Å²) in [5.41, 5.74) is 6.01. The molecule has 144 valence electrons. The highest BCUT2D eigenvalue weighted by molar-refractivity contribution is 5.96. The molecule has 29 heavy (non-hydrogen) atoms. The van der Waals surface area contributed by atoms with Gasteiger partial charge in [-0.1, -0.05) is 48.6 Å². The molecule has 1 aliphatic rings. The molecule has 5 nitrogen and oxygen atoms in total. The molecule has 0 atom stereocenters. The summed E-state index contributed by atoms with van der Waals surface area (Å²) in [7, 11) is 1.59. The van der Waals surface area contributed by atoms with Crippen molar-refractivity contribution in [2.24, 2.45) is 0 Å². The van der Waals surface area contributed by atoms with Gasteiger partial charge in [0.2, 0.25) is 5.91 Å². The number of amides is 2. The van der Waals surface area contributed by atoms with Gasteiger partial charge in [-0.15, -0.1) is 0 Å². The average molecular weight is 383 g/mol. The van der Waals surface area contributed by atoms with Crippen LogP contribution < -0.4 is 10.2 Å². The number of carbonyl (C=O) groups excluding carboxylic acids is 2. The summed E-state index contributed by atoms with van der Waals surface area (Å²) < 4.78 is 0. The van der Waals surface area contributed by atoms with Gasteiger partial charge in [-0.25, -0.2) is 4.98 Å². The zero-order chi connectivity index (χ0) is 20.4. The summed E-state index contributed by atoms with van der Waals surface area (Å²) in [5.74, 6) is -0.213. The van der Waals surface area contributed by atoms with Crippen molar-refractivity contribution >= 4 is 29.7 Å². The van der Waals surface area contributed by atoms with Crippen molar-refractivity contribution in [2.45, 2.75) is 13.5 Å². The fourth-order valence-corrected chi connectivity index (χ4v) is 3.49. The molecule has 0 spiro atoms. The molecule has 1 aliphatic heterocycles. The van der Waals surface area contributed by atoms with E-state index in [-0.39, 0.29) is 11.8 Å². The lowest BCUT2D eigenvalue weighted by atomic mass is 9.97. The van der Waals surface area contributed by atoms with Crippen molar-refractivity contribution in [2.75, 3.05) is 11.9 Å². The van der Waals surface area contributed by atoms with Gasteiger partial charge in [0.15, 0.2) is 0 Å². The summed E-state index contributed by atoms with van der Waals surface area (Å²) >= 11 is 0. The maximum absolute atomic E-state index is 12.3. The molecule has 0 saturated heterocycles. The first-order valence-electron chi connectivity index (χ1n) is 9.44. The van der Waals surface area contributed by atoms with Crippen LogP contribution in [0.15, 0.2) is 60.7 Å². The summed E-state index contributed by atoms with van der Waals surface area (Å²) in [6, 6.07) is 19.3. The van der Waals surface area contributed by atoms with E-state index < -0.39 is 0 Å². The molecule has 0 unspecified atom stereocenters. The molecule has 3 aromatic rings. The molecule has 1 N–H and O–H groups in total. The molecule has 4 rings (SSSR count). The van der Waals surface area contributed by atoms with Crippen molar-refractivity contribution in [1.82, 2.24) is 10.3 Å². The SMILES string of the molecule is CNC(=O)c1cccc(-c2ccc3c(c2)/C=C\c2ccccc2N(C(C)=O)C3)n1. The molecular weight excluding hydrogens is 362 g/mol. The molecule has 1 aromatic heterocycles. The van der Waals surface area contributed by atoms with E-state index in [9.17, 15) is 9.59 Å². The highest BCUT2D eigenvalue weighted by Gasteiger charge is 2.18. The zero-order valence-electron chi connectivity index (χ0n) is 16.3. The van der Waals surface area contributed by atoms with Crippen LogP contribution in [0.4, 0.5) is 5.69 Å². The first kappa shape index (κ1) is 18.6. The van der Waals surface area contributed by atoms with E-state index in [1.165, 1.54) is 0 Å². The monoisotopic (exact) mass is 383 g/mol. The van der Waals surface area contributed by atoms with Gasteiger partial charge in [0.25, 0.3) is 5.91 Å². The second-order valence-electron chi connectivity index (χ2n) is 6.90. The molecule has 0 saturated carbocycles. The number of fused-ring (bicyclic) bond motifs is 2. The van der Waals surface area contributed by atoms with Gasteiger partial charge >= 0.3 is 0 Å². The van der Waals surface area contributed by atoms with E-state index in [1.54, 1.807) is 24.9 Å². The number of benzene rings is 2. The third-order valence-corrected chi connectivity index (χ3v) is 5.03. The van der Waals surface area contributed by atoms with E-state index in [0.717, 1.165) is 33.6 Å². The Morgan fingerprint density at radius 3 is 2.55 bits per heavy atom. The molecule has 5 heteroatoms. The second kappa shape index (κ2) is 7.72. The maximum Gasteiger partial charge on any atom is 0.269 e. The van der Waals surface area contributed by atoms with Crippen LogP contribution in [0.25, 0.3) is 23.4 Å². The molecular formula is C24H21N3O2. The largest absolute Gasteiger partial charge is 0.354 e. The maximum atomic E-state index is 12.3. The molecule has 0 fully saturated rings. The number of nitrogens with zero attached hydrogens (tertiary/aromatic N) is 2. The predicted octanol–water partition coefficient (Wildman–Crippen LogP) is 4.15. The Hall–Kier alpha value is -3.73. The van der Waals surface area contributed by atoms with Crippen LogP contribution in [0, 0.1) is 0 Å². The van der Waals surface area contributed by atoms with Crippen molar-refractivity contribution < 1.29 is 9.59 Å². The van der Waals surface area contributed by atoms with Crippen molar-refractivity contribution in [3.05, 3.63) is 83.0 Å². The highest BCUT2D eigenvalue weighted by Crippen LogP contribution is 2.30. The number of para-hydroxylation sites is 1. The minimum atomic E-state index is -0.216. The van der Waals surface area contributed by atoms with Crippen LogP contribution in [0.5, 0.6) is 0 Å². The molecule has 2 amide bonds. The van der Waals surface area contributed by atoms with E-state index in [4.69, 9.17) is 0 Å². The summed E-state index contributed by atoms with van der Waals surface area (Å²) in [6.45, 7) is 2.09. The third kappa shape index (κ3) is 3.67. The molecule has 2 heterocycles. The first-order chi connectivity index (χ1) is 14.1. The number of carbonyl (C=O) groups is 2. The Kier molecular flexibility index (Phi) is 4.96. The van der Waals surface area contributed by atoms with Crippen molar-refractivity contribution in [1.29, 1.82) is 0 Å². The normalized spacial score (nSPS) is 13.5. The van der Waals surface area contributed by atoms with Crippen LogP contribution >= 0.6 is 0 Å². The Morgan fingerprint density at radius 2 is 1.76 bits per heavy atom. The van der Waals surface area contributed by atoms with Gasteiger partial charge in [0.05, 0.1) is 17.9 Å². The van der Waals surface area contributed by atoms with E-state index in [2.05, 4.69) is 16.4 Å². The minimum Gasteiger partial charge on any atom is -0.354 e. The Bertz CT molecular complexity index is 1130. The summed E-state index contributed by atoms with van der Waals surface area (Å²) in [6.07, 6.45) is 4.10. The minimum absolute atomic E-state index is 0.00252. The quantitative estimate of drug-likeness (QED) is 0.723. The lowest BCUT2D eigenvalue weighted by molar-refractivity contribution is -0.116. The van der Waals surface area contributed by atoms with Gasteiger partial charge in [-0.05, 0) is 41.0 Å². The lowest BCUT2D eigenvalue weighted by Gasteiger charge is -2.26. The Labute approximate surface area is 169 Å². The number of anilines is 1. The number of pyridine rings is 1. The third-order valence-electron chi connectivity index (χ3n) is 5.03. The highest BCUT2D eigenvalue weighted by atomic mass is 16.2. The van der Waals surface area contributed by atoms with Crippen LogP contribution in [0.2, 0.25) is 0 Å². The van der Waals surface area contributed by atoms with Gasteiger partial charge < -0.3 is 10.2 Å². The zero-order valence-corrected chi connectivity index (χ0v) is 16.3. The fraction of sp³-hybridized carbons (Fsp3) is 0.125. The van der Waals surface area contributed by atoms with Crippen molar-refractivity contribution in [3.63, 3.8) is 0 Å². The van der Waals surface area contributed by atoms with Crippen LogP contribution in [0.1, 0.15) is 34.1 Å². The van der Waals surface area contributed by atoms with Gasteiger partial charge in [0.1, 0.15) is 5.69 Å². The molecule has 0 radical (unpaired) electrons. The van der Waals surface area contributed by atoms with E-state index in [0.29, 0.717) is 12.2 Å². The van der Waals surface area contributed by atoms with Crippen LogP contribution in [0.3, 0.4) is 0 Å². The topological polar surface area (TPSA) is 62.3 Å². The number of hydrogen-bond donors (Lipinski definition) is 1. The van der Waals surface area contributed by atoms with E-state index >= 15 is 0 Å². The molecule has 2 aromatic carbocycles. The predicted molar refractivity (Wildman–Crippen MR) is 115 cm³/mol. The first-order valence-corrected chi connectivity index (χ1v) is 9.44. The van der Waals surface area contributed by atoms with Crippen LogP contribution in [-0.2, 0) is 11.3 Å². The van der Waals surface area contributed by atoms with Crippen LogP contribution in [-0.4, -0.2) is 23.8 Å². The average Bonchev–Trinajstić information content (AvgIpc) is 2.74. The number of aromatic nitrogens is 1. The lowest BCUT2D eigenvalue weighted by Crippen LogP contribution is -2.29. The second-order valence-corrected chi connectivity index (χ2v) is 6.90. The number of rotatable bonds is 2. The van der Waals surface area contributed by atoms with Gasteiger partial charge in [0, 0.05) is 19.5 Å². The number of hydrogen-bond acceptors (Lipinski definition) is 3. The fourth-order valence-electron chi connectivity index (χ4n) is 3.49. The Morgan fingerprint density at radius 1 is 0.966 bits per heavy atom.